The molecule has 0 bridgehead atoms. The second kappa shape index (κ2) is 10.8. The van der Waals surface area contributed by atoms with E-state index in [0.29, 0.717) is 26.0 Å². The van der Waals surface area contributed by atoms with E-state index in [-0.39, 0.29) is 36.3 Å². The minimum absolute atomic E-state index is 0.00111. The molecule has 2 saturated heterocycles. The fourth-order valence-corrected chi connectivity index (χ4v) is 5.33. The van der Waals surface area contributed by atoms with E-state index in [0.717, 1.165) is 25.7 Å². The summed E-state index contributed by atoms with van der Waals surface area (Å²) in [7, 11) is 0. The van der Waals surface area contributed by atoms with Crippen LogP contribution >= 0.6 is 0 Å². The number of nitrogens with one attached hydrogen (secondary N) is 2. The van der Waals surface area contributed by atoms with Crippen LogP contribution in [-0.4, -0.2) is 72.8 Å². The number of hydrogen-bond donors (Lipinski definition) is 3. The third-order valence-corrected chi connectivity index (χ3v) is 7.42. The van der Waals surface area contributed by atoms with Crippen molar-refractivity contribution >= 4 is 23.5 Å². The Labute approximate surface area is 195 Å². The molecule has 33 heavy (non-hydrogen) atoms. The van der Waals surface area contributed by atoms with Crippen molar-refractivity contribution in [2.45, 2.75) is 70.5 Å². The number of fused-ring (bicyclic) bond motifs is 3. The first kappa shape index (κ1) is 25.4. The van der Waals surface area contributed by atoms with Crippen LogP contribution in [0.25, 0.3) is 0 Å². The lowest BCUT2D eigenvalue weighted by molar-refractivity contribution is -0.144. The maximum Gasteiger partial charge on any atom is 0.289 e. The molecule has 9 heteroatoms. The summed E-state index contributed by atoms with van der Waals surface area (Å²) in [6.45, 7) is 9.00. The van der Waals surface area contributed by atoms with E-state index in [1.165, 1.54) is 6.08 Å². The molecule has 0 radical (unpaired) electrons. The zero-order valence-electron chi connectivity index (χ0n) is 19.8. The third-order valence-electron chi connectivity index (χ3n) is 7.42. The number of ketones is 1. The molecule has 1 saturated carbocycles. The fourth-order valence-electron chi connectivity index (χ4n) is 5.33. The second-order valence-electron chi connectivity index (χ2n) is 10.1. The van der Waals surface area contributed by atoms with E-state index in [9.17, 15) is 19.2 Å². The molecule has 0 unspecified atom stereocenters. The highest BCUT2D eigenvalue weighted by atomic mass is 16.5. The highest BCUT2D eigenvalue weighted by Crippen LogP contribution is 2.64. The molecular weight excluding hydrogens is 424 g/mol. The summed E-state index contributed by atoms with van der Waals surface area (Å²) in [6, 6.07) is -2.47. The van der Waals surface area contributed by atoms with Gasteiger partial charge in [0.15, 0.2) is 0 Å². The van der Waals surface area contributed by atoms with Gasteiger partial charge >= 0.3 is 0 Å². The number of nitrogens with two attached hydrogens (primary N) is 1. The highest BCUT2D eigenvalue weighted by Gasteiger charge is 2.69. The average molecular weight is 463 g/mol. The molecule has 3 fully saturated rings. The number of hydrogen-bond acceptors (Lipinski definition) is 6. The number of nitrogens with zero attached hydrogens (tertiary/aromatic N) is 1. The van der Waals surface area contributed by atoms with Crippen LogP contribution in [0, 0.1) is 17.3 Å². The van der Waals surface area contributed by atoms with Gasteiger partial charge in [0.2, 0.25) is 17.6 Å². The summed E-state index contributed by atoms with van der Waals surface area (Å²) in [5.74, 6) is -1.90. The van der Waals surface area contributed by atoms with Gasteiger partial charge in [0.05, 0.1) is 12.6 Å². The molecule has 0 aromatic heterocycles. The average Bonchev–Trinajstić information content (AvgIpc) is 3.12. The van der Waals surface area contributed by atoms with Crippen LogP contribution in [0.15, 0.2) is 12.7 Å². The van der Waals surface area contributed by atoms with E-state index in [4.69, 9.17) is 10.5 Å². The predicted molar refractivity (Wildman–Crippen MR) is 123 cm³/mol. The van der Waals surface area contributed by atoms with Crippen molar-refractivity contribution in [3.8, 4) is 0 Å². The quantitative estimate of drug-likeness (QED) is 0.412. The lowest BCUT2D eigenvalue weighted by Crippen LogP contribution is -2.58. The molecule has 3 rings (SSSR count). The number of carbonyl (C=O) groups excluding carboxylic acids is 4. The minimum Gasteiger partial charge on any atom is -0.379 e. The minimum atomic E-state index is -0.926. The Morgan fingerprint density at radius 2 is 1.94 bits per heavy atom. The van der Waals surface area contributed by atoms with Crippen molar-refractivity contribution in [1.29, 1.82) is 0 Å². The van der Waals surface area contributed by atoms with E-state index in [1.807, 2.05) is 0 Å². The van der Waals surface area contributed by atoms with Gasteiger partial charge in [-0.3, -0.25) is 19.2 Å². The van der Waals surface area contributed by atoms with Crippen molar-refractivity contribution in [3.63, 3.8) is 0 Å². The Kier molecular flexibility index (Phi) is 8.28. The maximum atomic E-state index is 13.4. The molecule has 0 aromatic rings. The van der Waals surface area contributed by atoms with E-state index in [2.05, 4.69) is 31.1 Å². The topological polar surface area (TPSA) is 131 Å². The Morgan fingerprint density at radius 3 is 2.67 bits per heavy atom. The molecule has 2 heterocycles. The Bertz CT molecular complexity index is 783. The van der Waals surface area contributed by atoms with Gasteiger partial charge in [-0.05, 0) is 30.1 Å². The van der Waals surface area contributed by atoms with Crippen molar-refractivity contribution < 1.29 is 23.9 Å². The SMILES string of the molecule is C=CCNC(=O)C(=O)[C@@H]1CCCCCCCOC[C@H](N)C(=O)N2C[C@H]3[C@@H]([C@H]2C(=O)N1)C3(C)C. The van der Waals surface area contributed by atoms with Crippen LogP contribution in [0.1, 0.15) is 52.4 Å². The summed E-state index contributed by atoms with van der Waals surface area (Å²) in [5.41, 5.74) is 6.04. The van der Waals surface area contributed by atoms with Gasteiger partial charge in [-0.1, -0.05) is 45.6 Å². The van der Waals surface area contributed by atoms with Gasteiger partial charge < -0.3 is 26.0 Å². The smallest absolute Gasteiger partial charge is 0.289 e. The molecular formula is C24H38N4O5. The van der Waals surface area contributed by atoms with E-state index in [1.54, 1.807) is 4.90 Å². The fraction of sp³-hybridized carbons (Fsp3) is 0.750. The van der Waals surface area contributed by atoms with Crippen LogP contribution < -0.4 is 16.4 Å². The zero-order valence-corrected chi connectivity index (χ0v) is 19.8. The van der Waals surface area contributed by atoms with E-state index >= 15 is 0 Å². The lowest BCUT2D eigenvalue weighted by atomic mass is 9.98. The van der Waals surface area contributed by atoms with Crippen LogP contribution in [0.2, 0.25) is 0 Å². The van der Waals surface area contributed by atoms with Crippen molar-refractivity contribution in [2.75, 3.05) is 26.3 Å². The molecule has 9 nitrogen and oxygen atoms in total. The molecule has 5 atom stereocenters. The molecule has 0 aromatic carbocycles. The number of Topliss-reactive ketones (excluding diaryl/α,β-unsaturated/α-hetero) is 1. The van der Waals surface area contributed by atoms with E-state index < -0.39 is 35.7 Å². The number of rotatable bonds is 4. The normalized spacial score (nSPS) is 32.8. The molecule has 1 aliphatic carbocycles. The molecule has 4 N–H and O–H groups in total. The maximum absolute atomic E-state index is 13.4. The van der Waals surface area contributed by atoms with Crippen LogP contribution in [0.5, 0.6) is 0 Å². The molecule has 0 spiro atoms. The Balaban J connectivity index is 1.80. The predicted octanol–water partition coefficient (Wildman–Crippen LogP) is 0.524. The first-order valence-corrected chi connectivity index (χ1v) is 12.1. The molecule has 3 amide bonds. The number of ether oxygens (including phenoxy) is 1. The van der Waals surface area contributed by atoms with Gasteiger partial charge in [-0.15, -0.1) is 6.58 Å². The van der Waals surface area contributed by atoms with Gasteiger partial charge in [0, 0.05) is 19.7 Å². The zero-order chi connectivity index (χ0) is 24.2. The van der Waals surface area contributed by atoms with Crippen LogP contribution in [0.3, 0.4) is 0 Å². The highest BCUT2D eigenvalue weighted by molar-refractivity contribution is 6.38. The summed E-state index contributed by atoms with van der Waals surface area (Å²) in [6.07, 6.45) is 6.25. The summed E-state index contributed by atoms with van der Waals surface area (Å²) >= 11 is 0. The number of carbonyl (C=O) groups is 4. The first-order chi connectivity index (χ1) is 15.7. The van der Waals surface area contributed by atoms with Gasteiger partial charge in [0.25, 0.3) is 5.91 Å². The van der Waals surface area contributed by atoms with Gasteiger partial charge in [-0.2, -0.15) is 0 Å². The third kappa shape index (κ3) is 5.63. The van der Waals surface area contributed by atoms with Crippen molar-refractivity contribution in [2.24, 2.45) is 23.0 Å². The van der Waals surface area contributed by atoms with Gasteiger partial charge in [-0.25, -0.2) is 0 Å². The summed E-state index contributed by atoms with van der Waals surface area (Å²) < 4.78 is 5.61. The standard InChI is InChI=1S/C24H38N4O5/c1-4-11-26-22(31)20(29)17-10-8-6-5-7-9-12-33-14-16(25)23(32)28-13-15-18(24(15,2)3)19(28)21(30)27-17/h4,15-19H,1,5-14,25H2,2-3H3,(H,26,31)(H,27,30)/t15-,16-,17-,18-,19-/m0/s1. The first-order valence-electron chi connectivity index (χ1n) is 12.1. The van der Waals surface area contributed by atoms with Crippen LogP contribution in [0.4, 0.5) is 0 Å². The Hall–Kier alpha value is -2.26. The lowest BCUT2D eigenvalue weighted by Gasteiger charge is -2.32. The molecule has 2 aliphatic heterocycles. The van der Waals surface area contributed by atoms with Gasteiger partial charge in [0.1, 0.15) is 12.1 Å². The Morgan fingerprint density at radius 1 is 1.24 bits per heavy atom. The van der Waals surface area contributed by atoms with Crippen molar-refractivity contribution in [1.82, 2.24) is 15.5 Å². The summed E-state index contributed by atoms with van der Waals surface area (Å²) in [4.78, 5) is 53.2. The number of piperidine rings is 1. The molecule has 3 aliphatic rings. The summed E-state index contributed by atoms with van der Waals surface area (Å²) in [5, 5.41) is 5.32. The number of amides is 3. The second-order valence-corrected chi connectivity index (χ2v) is 10.1. The largest absolute Gasteiger partial charge is 0.379 e. The van der Waals surface area contributed by atoms with Crippen LogP contribution in [-0.2, 0) is 23.9 Å². The van der Waals surface area contributed by atoms with Crippen molar-refractivity contribution in [3.05, 3.63) is 12.7 Å². The monoisotopic (exact) mass is 462 g/mol. The molecule has 184 valence electrons.